The van der Waals surface area contributed by atoms with Crippen LogP contribution in [-0.2, 0) is 13.6 Å². The fourth-order valence-electron chi connectivity index (χ4n) is 2.30. The molecular formula is C16H20N2O. The minimum absolute atomic E-state index is 0.00396. The molecule has 0 aliphatic rings. The van der Waals surface area contributed by atoms with Crippen LogP contribution in [0, 0.1) is 20.8 Å². The minimum Gasteiger partial charge on any atom is -0.326 e. The average molecular weight is 256 g/mol. The monoisotopic (exact) mass is 256 g/mol. The molecule has 0 aliphatic heterocycles. The Morgan fingerprint density at radius 2 is 1.74 bits per heavy atom. The third kappa shape index (κ3) is 2.34. The van der Waals surface area contributed by atoms with Crippen molar-refractivity contribution in [1.82, 2.24) is 4.57 Å². The Bertz CT molecular complexity index is 684. The van der Waals surface area contributed by atoms with Crippen molar-refractivity contribution in [2.45, 2.75) is 27.3 Å². The van der Waals surface area contributed by atoms with Gasteiger partial charge in [-0.1, -0.05) is 12.1 Å². The molecule has 0 saturated heterocycles. The molecule has 0 fully saturated rings. The van der Waals surface area contributed by atoms with Crippen LogP contribution in [0.3, 0.4) is 0 Å². The van der Waals surface area contributed by atoms with Gasteiger partial charge in [0.05, 0.1) is 5.69 Å². The number of hydrogen-bond acceptors (Lipinski definition) is 2. The van der Waals surface area contributed by atoms with E-state index >= 15 is 0 Å². The molecule has 0 bridgehead atoms. The van der Waals surface area contributed by atoms with Gasteiger partial charge in [0.2, 0.25) is 0 Å². The minimum atomic E-state index is -0.00396. The third-order valence-electron chi connectivity index (χ3n) is 3.76. The van der Waals surface area contributed by atoms with E-state index in [-0.39, 0.29) is 12.1 Å². The smallest absolute Gasteiger partial charge is 0.255 e. The van der Waals surface area contributed by atoms with E-state index in [1.165, 1.54) is 11.1 Å². The fourth-order valence-corrected chi connectivity index (χ4v) is 2.30. The molecule has 0 amide bonds. The molecule has 0 spiro atoms. The normalized spacial score (nSPS) is 10.8. The van der Waals surface area contributed by atoms with Gasteiger partial charge >= 0.3 is 0 Å². The average Bonchev–Trinajstić information content (AvgIpc) is 2.38. The molecule has 0 unspecified atom stereocenters. The van der Waals surface area contributed by atoms with Crippen molar-refractivity contribution in [2.75, 3.05) is 0 Å². The maximum atomic E-state index is 12.2. The van der Waals surface area contributed by atoms with Gasteiger partial charge in [0.15, 0.2) is 0 Å². The van der Waals surface area contributed by atoms with Crippen LogP contribution in [0.1, 0.15) is 22.3 Å². The van der Waals surface area contributed by atoms with Crippen LogP contribution in [0.4, 0.5) is 0 Å². The highest BCUT2D eigenvalue weighted by molar-refractivity contribution is 5.62. The topological polar surface area (TPSA) is 48.0 Å². The summed E-state index contributed by atoms with van der Waals surface area (Å²) in [5, 5.41) is 0. The van der Waals surface area contributed by atoms with Crippen LogP contribution >= 0.6 is 0 Å². The Morgan fingerprint density at radius 3 is 2.32 bits per heavy atom. The zero-order valence-corrected chi connectivity index (χ0v) is 11.9. The second-order valence-corrected chi connectivity index (χ2v) is 5.06. The van der Waals surface area contributed by atoms with E-state index in [1.807, 2.05) is 13.0 Å². The summed E-state index contributed by atoms with van der Waals surface area (Å²) in [6.45, 7) is 6.39. The van der Waals surface area contributed by atoms with Crippen molar-refractivity contribution in [2.24, 2.45) is 12.8 Å². The lowest BCUT2D eigenvalue weighted by Crippen LogP contribution is -2.25. The SMILES string of the molecule is Cc1ccc(-c2cc(C)c(CN)c(=O)n2C)cc1C. The lowest BCUT2D eigenvalue weighted by molar-refractivity contribution is 0.831. The van der Waals surface area contributed by atoms with E-state index in [2.05, 4.69) is 32.0 Å². The maximum absolute atomic E-state index is 12.2. The highest BCUT2D eigenvalue weighted by Crippen LogP contribution is 2.22. The molecular weight excluding hydrogens is 236 g/mol. The lowest BCUT2D eigenvalue weighted by atomic mass is 10.0. The fraction of sp³-hybridized carbons (Fsp3) is 0.312. The van der Waals surface area contributed by atoms with E-state index in [4.69, 9.17) is 5.73 Å². The van der Waals surface area contributed by atoms with Gasteiger partial charge in [-0.2, -0.15) is 0 Å². The molecule has 1 heterocycles. The van der Waals surface area contributed by atoms with E-state index in [0.717, 1.165) is 16.8 Å². The molecule has 1 aromatic heterocycles. The number of aromatic nitrogens is 1. The molecule has 1 aromatic carbocycles. The van der Waals surface area contributed by atoms with Crippen LogP contribution in [0.25, 0.3) is 11.3 Å². The summed E-state index contributed by atoms with van der Waals surface area (Å²) in [6.07, 6.45) is 0. The van der Waals surface area contributed by atoms with Crippen molar-refractivity contribution < 1.29 is 0 Å². The Kier molecular flexibility index (Phi) is 3.58. The first-order valence-electron chi connectivity index (χ1n) is 6.43. The lowest BCUT2D eigenvalue weighted by Gasteiger charge is -2.13. The zero-order chi connectivity index (χ0) is 14.2. The Hall–Kier alpha value is -1.87. The largest absolute Gasteiger partial charge is 0.326 e. The highest BCUT2D eigenvalue weighted by Gasteiger charge is 2.10. The van der Waals surface area contributed by atoms with Crippen molar-refractivity contribution in [3.8, 4) is 11.3 Å². The third-order valence-corrected chi connectivity index (χ3v) is 3.76. The molecule has 0 atom stereocenters. The molecule has 0 aliphatic carbocycles. The number of rotatable bonds is 2. The van der Waals surface area contributed by atoms with Crippen molar-refractivity contribution in [3.05, 3.63) is 56.9 Å². The Labute approximate surface area is 113 Å². The molecule has 0 radical (unpaired) electrons. The molecule has 3 nitrogen and oxygen atoms in total. The number of pyridine rings is 1. The molecule has 100 valence electrons. The second-order valence-electron chi connectivity index (χ2n) is 5.06. The van der Waals surface area contributed by atoms with Crippen molar-refractivity contribution in [3.63, 3.8) is 0 Å². The highest BCUT2D eigenvalue weighted by atomic mass is 16.1. The first-order valence-corrected chi connectivity index (χ1v) is 6.43. The molecule has 2 rings (SSSR count). The van der Waals surface area contributed by atoms with Crippen LogP contribution in [0.5, 0.6) is 0 Å². The summed E-state index contributed by atoms with van der Waals surface area (Å²) in [6, 6.07) is 8.29. The van der Waals surface area contributed by atoms with E-state index in [0.29, 0.717) is 5.56 Å². The van der Waals surface area contributed by atoms with Gasteiger partial charge in [-0.25, -0.2) is 0 Å². The zero-order valence-electron chi connectivity index (χ0n) is 11.9. The number of nitrogens with two attached hydrogens (primary N) is 1. The summed E-state index contributed by atoms with van der Waals surface area (Å²) in [4.78, 5) is 12.2. The second kappa shape index (κ2) is 5.02. The number of hydrogen-bond donors (Lipinski definition) is 1. The van der Waals surface area contributed by atoms with Gasteiger partial charge in [0.25, 0.3) is 5.56 Å². The van der Waals surface area contributed by atoms with Crippen LogP contribution in [-0.4, -0.2) is 4.57 Å². The summed E-state index contributed by atoms with van der Waals surface area (Å²) in [7, 11) is 1.80. The molecule has 19 heavy (non-hydrogen) atoms. The summed E-state index contributed by atoms with van der Waals surface area (Å²) in [5.41, 5.74) is 11.8. The van der Waals surface area contributed by atoms with Gasteiger partial charge in [-0.3, -0.25) is 4.79 Å². The number of aryl methyl sites for hydroxylation is 3. The van der Waals surface area contributed by atoms with Gasteiger partial charge in [0, 0.05) is 19.2 Å². The Morgan fingerprint density at radius 1 is 1.05 bits per heavy atom. The van der Waals surface area contributed by atoms with Gasteiger partial charge in [0.1, 0.15) is 0 Å². The quantitative estimate of drug-likeness (QED) is 0.897. The summed E-state index contributed by atoms with van der Waals surface area (Å²) in [5.74, 6) is 0. The van der Waals surface area contributed by atoms with Gasteiger partial charge in [-0.15, -0.1) is 0 Å². The van der Waals surface area contributed by atoms with Crippen LogP contribution in [0.2, 0.25) is 0 Å². The molecule has 0 saturated carbocycles. The first kappa shape index (κ1) is 13.6. The van der Waals surface area contributed by atoms with Crippen molar-refractivity contribution in [1.29, 1.82) is 0 Å². The first-order chi connectivity index (χ1) is 8.95. The van der Waals surface area contributed by atoms with Crippen molar-refractivity contribution >= 4 is 0 Å². The van der Waals surface area contributed by atoms with E-state index < -0.39 is 0 Å². The summed E-state index contributed by atoms with van der Waals surface area (Å²) >= 11 is 0. The Balaban J connectivity index is 2.69. The molecule has 2 aromatic rings. The standard InChI is InChI=1S/C16H20N2O/c1-10-5-6-13(7-11(10)2)15-8-12(3)14(9-17)16(19)18(15)4/h5-8H,9,17H2,1-4H3. The van der Waals surface area contributed by atoms with Crippen LogP contribution < -0.4 is 11.3 Å². The number of benzene rings is 1. The number of nitrogens with zero attached hydrogens (tertiary/aromatic N) is 1. The molecule has 3 heteroatoms. The predicted octanol–water partition coefficient (Wildman–Crippen LogP) is 2.44. The molecule has 2 N–H and O–H groups in total. The van der Waals surface area contributed by atoms with Gasteiger partial charge < -0.3 is 10.3 Å². The van der Waals surface area contributed by atoms with E-state index in [9.17, 15) is 4.79 Å². The predicted molar refractivity (Wildman–Crippen MR) is 79.2 cm³/mol. The van der Waals surface area contributed by atoms with Gasteiger partial charge in [-0.05, 0) is 55.2 Å². The van der Waals surface area contributed by atoms with Crippen LogP contribution in [0.15, 0.2) is 29.1 Å². The maximum Gasteiger partial charge on any atom is 0.255 e. The summed E-state index contributed by atoms with van der Waals surface area (Å²) < 4.78 is 1.68. The van der Waals surface area contributed by atoms with E-state index in [1.54, 1.807) is 11.6 Å².